The molecule has 2 fully saturated rings. The first-order valence-corrected chi connectivity index (χ1v) is 8.14. The normalized spacial score (nSPS) is 22.5. The van der Waals surface area contributed by atoms with E-state index >= 15 is 0 Å². The molecule has 0 aromatic rings. The van der Waals surface area contributed by atoms with Crippen LogP contribution in [0.1, 0.15) is 51.9 Å². The first-order valence-electron chi connectivity index (χ1n) is 8.14. The van der Waals surface area contributed by atoms with Gasteiger partial charge in [-0.2, -0.15) is 0 Å². The van der Waals surface area contributed by atoms with Gasteiger partial charge in [0.15, 0.2) is 0 Å². The molecule has 5 nitrogen and oxygen atoms in total. The Morgan fingerprint density at radius 1 is 1.10 bits per heavy atom. The van der Waals surface area contributed by atoms with Gasteiger partial charge in [0.25, 0.3) is 0 Å². The highest BCUT2D eigenvalue weighted by Gasteiger charge is 2.45. The third-order valence-electron chi connectivity index (χ3n) is 5.12. The van der Waals surface area contributed by atoms with Gasteiger partial charge in [0.2, 0.25) is 11.8 Å². The number of rotatable bonds is 5. The summed E-state index contributed by atoms with van der Waals surface area (Å²) in [5.41, 5.74) is 5.32. The summed E-state index contributed by atoms with van der Waals surface area (Å²) in [5, 5.41) is 0. The predicted molar refractivity (Wildman–Crippen MR) is 82.6 cm³/mol. The van der Waals surface area contributed by atoms with Gasteiger partial charge in [0.1, 0.15) is 0 Å². The van der Waals surface area contributed by atoms with E-state index in [0.29, 0.717) is 6.04 Å². The first-order chi connectivity index (χ1) is 9.84. The maximum atomic E-state index is 12.4. The molecule has 0 aromatic heterocycles. The first kappa shape index (κ1) is 16.3. The molecule has 2 saturated carbocycles. The third-order valence-corrected chi connectivity index (χ3v) is 5.12. The van der Waals surface area contributed by atoms with Crippen LogP contribution in [0.5, 0.6) is 0 Å². The Kier molecular flexibility index (Phi) is 4.91. The third kappa shape index (κ3) is 3.76. The summed E-state index contributed by atoms with van der Waals surface area (Å²) in [5.74, 6) is 0.179. The van der Waals surface area contributed by atoms with Crippen LogP contribution in [0.4, 0.5) is 0 Å². The Labute approximate surface area is 127 Å². The van der Waals surface area contributed by atoms with E-state index in [1.807, 2.05) is 11.9 Å². The van der Waals surface area contributed by atoms with Gasteiger partial charge in [-0.15, -0.1) is 0 Å². The van der Waals surface area contributed by atoms with E-state index in [9.17, 15) is 9.59 Å². The van der Waals surface area contributed by atoms with E-state index in [4.69, 9.17) is 5.73 Å². The number of likely N-dealkylation sites (N-methyl/N-ethyl adjacent to an activating group) is 2. The second-order valence-electron chi connectivity index (χ2n) is 7.01. The summed E-state index contributed by atoms with van der Waals surface area (Å²) in [6, 6.07) is 0.336. The minimum absolute atomic E-state index is 0.0179. The predicted octanol–water partition coefficient (Wildman–Crippen LogP) is 1.36. The van der Waals surface area contributed by atoms with Crippen LogP contribution in [0.25, 0.3) is 0 Å². The van der Waals surface area contributed by atoms with Gasteiger partial charge in [-0.25, -0.2) is 0 Å². The maximum absolute atomic E-state index is 12.4. The smallest absolute Gasteiger partial charge is 0.242 e. The van der Waals surface area contributed by atoms with Gasteiger partial charge < -0.3 is 15.5 Å². The Bertz CT molecular complexity index is 398. The molecule has 2 rings (SSSR count). The molecule has 21 heavy (non-hydrogen) atoms. The molecule has 1 atom stereocenters. The summed E-state index contributed by atoms with van der Waals surface area (Å²) < 4.78 is 0. The number of nitrogens with two attached hydrogens (primary N) is 1. The standard InChI is InChI=1S/C16H29N3O2/c1-16(17,12-9-10-12)15(21)18(2)11-14(20)19(3)13-7-5-4-6-8-13/h12-13H,4-11,17H2,1-3H3. The van der Waals surface area contributed by atoms with Gasteiger partial charge in [-0.3, -0.25) is 9.59 Å². The molecule has 0 spiro atoms. The highest BCUT2D eigenvalue weighted by atomic mass is 16.2. The van der Waals surface area contributed by atoms with Crippen LogP contribution in [0, 0.1) is 5.92 Å². The fourth-order valence-electron chi connectivity index (χ4n) is 3.33. The number of carbonyl (C=O) groups is 2. The van der Waals surface area contributed by atoms with E-state index in [0.717, 1.165) is 25.7 Å². The molecule has 120 valence electrons. The monoisotopic (exact) mass is 295 g/mol. The van der Waals surface area contributed by atoms with Crippen LogP contribution in [0.3, 0.4) is 0 Å². The molecule has 5 heteroatoms. The van der Waals surface area contributed by atoms with Gasteiger partial charge in [-0.1, -0.05) is 19.3 Å². The topological polar surface area (TPSA) is 66.6 Å². The average Bonchev–Trinajstić information content (AvgIpc) is 3.31. The quantitative estimate of drug-likeness (QED) is 0.833. The zero-order chi connectivity index (χ0) is 15.6. The van der Waals surface area contributed by atoms with E-state index in [1.54, 1.807) is 14.0 Å². The molecule has 0 heterocycles. The van der Waals surface area contributed by atoms with Crippen molar-refractivity contribution >= 4 is 11.8 Å². The molecular formula is C16H29N3O2. The highest BCUT2D eigenvalue weighted by Crippen LogP contribution is 2.38. The minimum Gasteiger partial charge on any atom is -0.341 e. The lowest BCUT2D eigenvalue weighted by Gasteiger charge is -2.34. The molecule has 2 amide bonds. The summed E-state index contributed by atoms with van der Waals surface area (Å²) in [4.78, 5) is 28.1. The molecular weight excluding hydrogens is 266 g/mol. The lowest BCUT2D eigenvalue weighted by atomic mass is 9.94. The Balaban J connectivity index is 1.87. The Hall–Kier alpha value is -1.10. The van der Waals surface area contributed by atoms with Crippen molar-refractivity contribution in [3.05, 3.63) is 0 Å². The van der Waals surface area contributed by atoms with E-state index in [-0.39, 0.29) is 24.3 Å². The van der Waals surface area contributed by atoms with E-state index in [1.165, 1.54) is 24.2 Å². The second kappa shape index (κ2) is 6.34. The van der Waals surface area contributed by atoms with Gasteiger partial charge >= 0.3 is 0 Å². The zero-order valence-corrected chi connectivity index (χ0v) is 13.6. The highest BCUT2D eigenvalue weighted by molar-refractivity contribution is 5.90. The SMILES string of the molecule is CN(CC(=O)N(C)C1CCCCC1)C(=O)C(C)(N)C1CC1. The van der Waals surface area contributed by atoms with Crippen molar-refractivity contribution < 1.29 is 9.59 Å². The van der Waals surface area contributed by atoms with Crippen LogP contribution in [-0.4, -0.2) is 53.8 Å². The van der Waals surface area contributed by atoms with E-state index < -0.39 is 5.54 Å². The van der Waals surface area contributed by atoms with Crippen molar-refractivity contribution in [3.8, 4) is 0 Å². The molecule has 2 aliphatic rings. The van der Waals surface area contributed by atoms with Gasteiger partial charge in [-0.05, 0) is 38.5 Å². The molecule has 0 radical (unpaired) electrons. The number of hydrogen-bond acceptors (Lipinski definition) is 3. The fraction of sp³-hybridized carbons (Fsp3) is 0.875. The van der Waals surface area contributed by atoms with Crippen LogP contribution in [-0.2, 0) is 9.59 Å². The van der Waals surface area contributed by atoms with Gasteiger partial charge in [0, 0.05) is 20.1 Å². The van der Waals surface area contributed by atoms with Crippen LogP contribution < -0.4 is 5.73 Å². The lowest BCUT2D eigenvalue weighted by molar-refractivity contribution is -0.143. The van der Waals surface area contributed by atoms with Crippen LogP contribution in [0.15, 0.2) is 0 Å². The molecule has 0 aliphatic heterocycles. The van der Waals surface area contributed by atoms with Crippen LogP contribution >= 0.6 is 0 Å². The molecule has 0 aromatic carbocycles. The zero-order valence-electron chi connectivity index (χ0n) is 13.6. The van der Waals surface area contributed by atoms with Crippen molar-refractivity contribution in [2.24, 2.45) is 11.7 Å². The molecule has 2 aliphatic carbocycles. The van der Waals surface area contributed by atoms with Gasteiger partial charge in [0.05, 0.1) is 12.1 Å². The molecule has 0 bridgehead atoms. The van der Waals surface area contributed by atoms with Crippen molar-refractivity contribution in [2.75, 3.05) is 20.6 Å². The number of carbonyl (C=O) groups excluding carboxylic acids is 2. The fourth-order valence-corrected chi connectivity index (χ4v) is 3.33. The minimum atomic E-state index is -0.821. The van der Waals surface area contributed by atoms with E-state index in [2.05, 4.69) is 0 Å². The van der Waals surface area contributed by atoms with Crippen LogP contribution in [0.2, 0.25) is 0 Å². The van der Waals surface area contributed by atoms with Crippen molar-refractivity contribution in [3.63, 3.8) is 0 Å². The Morgan fingerprint density at radius 2 is 1.67 bits per heavy atom. The number of hydrogen-bond donors (Lipinski definition) is 1. The largest absolute Gasteiger partial charge is 0.341 e. The maximum Gasteiger partial charge on any atom is 0.242 e. The molecule has 1 unspecified atom stereocenters. The average molecular weight is 295 g/mol. The molecule has 0 saturated heterocycles. The Morgan fingerprint density at radius 3 is 2.19 bits per heavy atom. The number of amides is 2. The molecule has 2 N–H and O–H groups in total. The summed E-state index contributed by atoms with van der Waals surface area (Å²) in [6.07, 6.45) is 7.85. The number of nitrogens with zero attached hydrogens (tertiary/aromatic N) is 2. The van der Waals surface area contributed by atoms with Crippen molar-refractivity contribution in [1.29, 1.82) is 0 Å². The van der Waals surface area contributed by atoms with Crippen molar-refractivity contribution in [2.45, 2.75) is 63.5 Å². The summed E-state index contributed by atoms with van der Waals surface area (Å²) in [7, 11) is 3.54. The summed E-state index contributed by atoms with van der Waals surface area (Å²) >= 11 is 0. The second-order valence-corrected chi connectivity index (χ2v) is 7.01. The summed E-state index contributed by atoms with van der Waals surface area (Å²) in [6.45, 7) is 1.92. The lowest BCUT2D eigenvalue weighted by Crippen LogP contribution is -2.55. The van der Waals surface area contributed by atoms with Crippen molar-refractivity contribution in [1.82, 2.24) is 9.80 Å².